The summed E-state index contributed by atoms with van der Waals surface area (Å²) in [5.74, 6) is 0.413. The number of hydrogen-bond acceptors (Lipinski definition) is 5. The molecule has 0 spiro atoms. The highest BCUT2D eigenvalue weighted by Gasteiger charge is 2.33. The Morgan fingerprint density at radius 1 is 1.10 bits per heavy atom. The molecular weight excluding hydrogens is 412 g/mol. The predicted octanol–water partition coefficient (Wildman–Crippen LogP) is 2.48. The maximum atomic E-state index is 12.7. The van der Waals surface area contributed by atoms with Crippen LogP contribution in [-0.2, 0) is 9.84 Å². The normalized spacial score (nSPS) is 21.6. The van der Waals surface area contributed by atoms with Crippen molar-refractivity contribution in [2.45, 2.75) is 26.3 Å². The van der Waals surface area contributed by atoms with E-state index in [0.29, 0.717) is 30.1 Å². The van der Waals surface area contributed by atoms with Gasteiger partial charge in [0.1, 0.15) is 0 Å². The van der Waals surface area contributed by atoms with Gasteiger partial charge in [0.2, 0.25) is 0 Å². The number of carbonyl (C=O) groups is 1. The lowest BCUT2D eigenvalue weighted by molar-refractivity contribution is 0.0747. The van der Waals surface area contributed by atoms with E-state index >= 15 is 0 Å². The summed E-state index contributed by atoms with van der Waals surface area (Å²) in [5, 5.41) is 5.28. The number of carbonyl (C=O) groups excluding carboxylic acids is 1. The number of aryl methyl sites for hydroxylation is 1. The van der Waals surface area contributed by atoms with Crippen LogP contribution in [0.2, 0.25) is 5.02 Å². The molecule has 0 N–H and O–H groups in total. The molecule has 2 saturated heterocycles. The number of benzene rings is 1. The summed E-state index contributed by atoms with van der Waals surface area (Å²) >= 11 is 5.91. The minimum atomic E-state index is -2.96. The molecule has 0 saturated carbocycles. The standard InChI is InChI=1S/C20H25ClN4O3S/c1-14-19(15(2)25(22-14)18-7-12-29(27,28)13-18)23-8-10-24(11-9-23)20(26)16-3-5-17(21)6-4-16/h3-6,18H,7-13H2,1-2H3. The number of sulfone groups is 1. The summed E-state index contributed by atoms with van der Waals surface area (Å²) in [6.07, 6.45) is 0.618. The second kappa shape index (κ2) is 7.65. The van der Waals surface area contributed by atoms with Crippen molar-refractivity contribution in [2.75, 3.05) is 42.6 Å². The minimum Gasteiger partial charge on any atom is -0.365 e. The van der Waals surface area contributed by atoms with Gasteiger partial charge >= 0.3 is 0 Å². The summed E-state index contributed by atoms with van der Waals surface area (Å²) < 4.78 is 25.6. The highest BCUT2D eigenvalue weighted by atomic mass is 35.5. The summed E-state index contributed by atoms with van der Waals surface area (Å²) in [4.78, 5) is 16.8. The molecule has 9 heteroatoms. The molecule has 3 heterocycles. The van der Waals surface area contributed by atoms with Gasteiger partial charge in [-0.05, 0) is 44.5 Å². The first-order valence-corrected chi connectivity index (χ1v) is 12.0. The molecule has 2 aliphatic rings. The van der Waals surface area contributed by atoms with Gasteiger partial charge in [0.15, 0.2) is 9.84 Å². The Labute approximate surface area is 176 Å². The zero-order valence-electron chi connectivity index (χ0n) is 16.6. The van der Waals surface area contributed by atoms with Crippen molar-refractivity contribution in [3.8, 4) is 0 Å². The number of aromatic nitrogens is 2. The molecule has 1 atom stereocenters. The summed E-state index contributed by atoms with van der Waals surface area (Å²) in [6, 6.07) is 6.89. The number of halogens is 1. The van der Waals surface area contributed by atoms with Gasteiger partial charge in [0, 0.05) is 36.8 Å². The van der Waals surface area contributed by atoms with Crippen LogP contribution < -0.4 is 4.90 Å². The molecule has 1 aromatic heterocycles. The van der Waals surface area contributed by atoms with E-state index in [2.05, 4.69) is 10.00 Å². The monoisotopic (exact) mass is 436 g/mol. The van der Waals surface area contributed by atoms with Crippen LogP contribution in [0.1, 0.15) is 34.2 Å². The highest BCUT2D eigenvalue weighted by molar-refractivity contribution is 7.91. The Bertz CT molecular complexity index is 1020. The third-order valence-corrected chi connectivity index (χ3v) is 7.82. The lowest BCUT2D eigenvalue weighted by atomic mass is 10.1. The Hall–Kier alpha value is -2.06. The largest absolute Gasteiger partial charge is 0.365 e. The van der Waals surface area contributed by atoms with Gasteiger partial charge < -0.3 is 9.80 Å². The number of nitrogens with zero attached hydrogens (tertiary/aromatic N) is 4. The molecule has 2 fully saturated rings. The lowest BCUT2D eigenvalue weighted by Crippen LogP contribution is -2.49. The molecular formula is C20H25ClN4O3S. The zero-order chi connectivity index (χ0) is 20.8. The number of hydrogen-bond donors (Lipinski definition) is 0. The first-order valence-electron chi connectivity index (χ1n) is 9.81. The fourth-order valence-electron chi connectivity index (χ4n) is 4.34. The van der Waals surface area contributed by atoms with E-state index in [9.17, 15) is 13.2 Å². The molecule has 156 valence electrons. The van der Waals surface area contributed by atoms with Crippen LogP contribution in [0.5, 0.6) is 0 Å². The predicted molar refractivity (Wildman–Crippen MR) is 114 cm³/mol. The second-order valence-electron chi connectivity index (χ2n) is 7.81. The lowest BCUT2D eigenvalue weighted by Gasteiger charge is -2.36. The van der Waals surface area contributed by atoms with Crippen molar-refractivity contribution in [3.63, 3.8) is 0 Å². The Morgan fingerprint density at radius 2 is 1.76 bits per heavy atom. The van der Waals surface area contributed by atoms with E-state index in [1.165, 1.54) is 0 Å². The van der Waals surface area contributed by atoms with E-state index in [-0.39, 0.29) is 23.5 Å². The molecule has 7 nitrogen and oxygen atoms in total. The molecule has 0 bridgehead atoms. The third-order valence-electron chi connectivity index (χ3n) is 5.82. The first-order chi connectivity index (χ1) is 13.7. The van der Waals surface area contributed by atoms with E-state index in [0.717, 1.165) is 30.2 Å². The van der Waals surface area contributed by atoms with Crippen LogP contribution in [0.3, 0.4) is 0 Å². The topological polar surface area (TPSA) is 75.5 Å². The zero-order valence-corrected chi connectivity index (χ0v) is 18.2. The van der Waals surface area contributed by atoms with Crippen molar-refractivity contribution in [3.05, 3.63) is 46.2 Å². The van der Waals surface area contributed by atoms with Crippen molar-refractivity contribution >= 4 is 33.0 Å². The molecule has 2 aliphatic heterocycles. The van der Waals surface area contributed by atoms with Crippen LogP contribution in [0.15, 0.2) is 24.3 Å². The molecule has 2 aromatic rings. The SMILES string of the molecule is Cc1nn(C2CCS(=O)(=O)C2)c(C)c1N1CCN(C(=O)c2ccc(Cl)cc2)CC1. The molecule has 0 aliphatic carbocycles. The van der Waals surface area contributed by atoms with Crippen molar-refractivity contribution < 1.29 is 13.2 Å². The third kappa shape index (κ3) is 4.00. The fourth-order valence-corrected chi connectivity index (χ4v) is 6.16. The molecule has 0 radical (unpaired) electrons. The molecule has 1 unspecified atom stereocenters. The van der Waals surface area contributed by atoms with Gasteiger partial charge in [-0.1, -0.05) is 11.6 Å². The van der Waals surface area contributed by atoms with Gasteiger partial charge in [-0.3, -0.25) is 9.48 Å². The van der Waals surface area contributed by atoms with Gasteiger partial charge in [0.25, 0.3) is 5.91 Å². The average molecular weight is 437 g/mol. The van der Waals surface area contributed by atoms with E-state index in [4.69, 9.17) is 11.6 Å². The van der Waals surface area contributed by atoms with Crippen LogP contribution >= 0.6 is 11.6 Å². The number of anilines is 1. The quantitative estimate of drug-likeness (QED) is 0.738. The van der Waals surface area contributed by atoms with Crippen LogP contribution in [0.25, 0.3) is 0 Å². The van der Waals surface area contributed by atoms with Gasteiger partial charge in [-0.2, -0.15) is 5.10 Å². The average Bonchev–Trinajstić information content (AvgIpc) is 3.20. The molecule has 1 amide bonds. The van der Waals surface area contributed by atoms with Gasteiger partial charge in [-0.25, -0.2) is 8.42 Å². The Morgan fingerprint density at radius 3 is 2.34 bits per heavy atom. The molecule has 29 heavy (non-hydrogen) atoms. The summed E-state index contributed by atoms with van der Waals surface area (Å²) in [5.41, 5.74) is 3.62. The van der Waals surface area contributed by atoms with Crippen molar-refractivity contribution in [2.24, 2.45) is 0 Å². The summed E-state index contributed by atoms with van der Waals surface area (Å²) in [7, 11) is -2.96. The maximum absolute atomic E-state index is 12.7. The molecule has 1 aromatic carbocycles. The number of piperazine rings is 1. The minimum absolute atomic E-state index is 0.0154. The van der Waals surface area contributed by atoms with Crippen molar-refractivity contribution in [1.82, 2.24) is 14.7 Å². The van der Waals surface area contributed by atoms with Crippen LogP contribution in [-0.4, -0.2) is 66.7 Å². The second-order valence-corrected chi connectivity index (χ2v) is 10.5. The van der Waals surface area contributed by atoms with Crippen LogP contribution in [0, 0.1) is 13.8 Å². The van der Waals surface area contributed by atoms with E-state index in [1.807, 2.05) is 23.4 Å². The summed E-state index contributed by atoms with van der Waals surface area (Å²) in [6.45, 7) is 6.66. The Kier molecular flexibility index (Phi) is 5.33. The highest BCUT2D eigenvalue weighted by Crippen LogP contribution is 2.31. The van der Waals surface area contributed by atoms with E-state index in [1.54, 1.807) is 24.3 Å². The van der Waals surface area contributed by atoms with E-state index < -0.39 is 9.84 Å². The smallest absolute Gasteiger partial charge is 0.253 e. The van der Waals surface area contributed by atoms with Gasteiger partial charge in [-0.15, -0.1) is 0 Å². The molecule has 4 rings (SSSR count). The fraction of sp³-hybridized carbons (Fsp3) is 0.500. The van der Waals surface area contributed by atoms with Crippen molar-refractivity contribution in [1.29, 1.82) is 0 Å². The maximum Gasteiger partial charge on any atom is 0.253 e. The first kappa shape index (κ1) is 20.2. The van der Waals surface area contributed by atoms with Gasteiger partial charge in [0.05, 0.1) is 34.6 Å². The Balaban J connectivity index is 1.46. The number of amides is 1. The number of rotatable bonds is 3. The van der Waals surface area contributed by atoms with Crippen LogP contribution in [0.4, 0.5) is 5.69 Å².